The van der Waals surface area contributed by atoms with E-state index in [-0.39, 0.29) is 13.2 Å². The first-order chi connectivity index (χ1) is 14.6. The highest BCUT2D eigenvalue weighted by Crippen LogP contribution is 2.28. The standard InChI is InChI=1S/C20H17FN6O3/c21-18-8-15(27-11-16(12-28)30-20(27)29)4-5-17(18)13-2-3-14(24-9-13)10-25-26-19-22-6-1-7-23-19/h1-10,16,28H,11-12H2,(H,22,23,26)/b25-10+/t16-/m1/s1. The van der Waals surface area contributed by atoms with E-state index in [4.69, 9.17) is 9.84 Å². The number of aliphatic hydroxyl groups is 1. The van der Waals surface area contributed by atoms with Gasteiger partial charge in [0.15, 0.2) is 0 Å². The number of anilines is 2. The van der Waals surface area contributed by atoms with Crippen LogP contribution in [0.4, 0.5) is 20.8 Å². The Morgan fingerprint density at radius 1 is 1.27 bits per heavy atom. The van der Waals surface area contributed by atoms with Crippen molar-refractivity contribution in [2.45, 2.75) is 6.10 Å². The van der Waals surface area contributed by atoms with Crippen molar-refractivity contribution < 1.29 is 19.0 Å². The minimum absolute atomic E-state index is 0.172. The van der Waals surface area contributed by atoms with Gasteiger partial charge in [0.1, 0.15) is 11.9 Å². The van der Waals surface area contributed by atoms with Gasteiger partial charge in [-0.2, -0.15) is 5.10 Å². The zero-order valence-electron chi connectivity index (χ0n) is 15.6. The number of aliphatic hydroxyl groups excluding tert-OH is 1. The molecule has 0 spiro atoms. The molecule has 0 radical (unpaired) electrons. The highest BCUT2D eigenvalue weighted by atomic mass is 19.1. The monoisotopic (exact) mass is 408 g/mol. The van der Waals surface area contributed by atoms with Crippen LogP contribution in [-0.2, 0) is 4.74 Å². The summed E-state index contributed by atoms with van der Waals surface area (Å²) in [6, 6.07) is 9.57. The summed E-state index contributed by atoms with van der Waals surface area (Å²) < 4.78 is 19.7. The molecule has 3 aromatic rings. The summed E-state index contributed by atoms with van der Waals surface area (Å²) in [5, 5.41) is 13.1. The lowest BCUT2D eigenvalue weighted by molar-refractivity contribution is 0.0963. The number of rotatable bonds is 6. The molecule has 1 atom stereocenters. The van der Waals surface area contributed by atoms with Gasteiger partial charge >= 0.3 is 6.09 Å². The maximum absolute atomic E-state index is 14.7. The Labute approximate surface area is 170 Å². The Morgan fingerprint density at radius 3 is 2.77 bits per heavy atom. The number of carbonyl (C=O) groups excluding carboxylic acids is 1. The first-order valence-electron chi connectivity index (χ1n) is 9.05. The first kappa shape index (κ1) is 19.4. The number of nitrogens with one attached hydrogen (secondary N) is 1. The summed E-state index contributed by atoms with van der Waals surface area (Å²) in [4.78, 5) is 25.4. The molecule has 0 saturated carbocycles. The van der Waals surface area contributed by atoms with Crippen LogP contribution in [0.3, 0.4) is 0 Å². The van der Waals surface area contributed by atoms with Gasteiger partial charge in [0.25, 0.3) is 0 Å². The van der Waals surface area contributed by atoms with Gasteiger partial charge in [0, 0.05) is 29.7 Å². The van der Waals surface area contributed by atoms with Crippen molar-refractivity contribution in [3.8, 4) is 11.1 Å². The van der Waals surface area contributed by atoms with Gasteiger partial charge in [0.05, 0.1) is 30.7 Å². The van der Waals surface area contributed by atoms with E-state index in [2.05, 4.69) is 25.5 Å². The quantitative estimate of drug-likeness (QED) is 0.476. The molecule has 10 heteroatoms. The van der Waals surface area contributed by atoms with Gasteiger partial charge in [-0.05, 0) is 30.3 Å². The minimum atomic E-state index is -0.610. The number of aromatic nitrogens is 3. The molecule has 1 fully saturated rings. The molecular weight excluding hydrogens is 391 g/mol. The summed E-state index contributed by atoms with van der Waals surface area (Å²) in [6.07, 6.45) is 4.99. The molecule has 9 nitrogen and oxygen atoms in total. The lowest BCUT2D eigenvalue weighted by Crippen LogP contribution is -2.25. The average Bonchev–Trinajstić information content (AvgIpc) is 3.16. The van der Waals surface area contributed by atoms with E-state index in [1.807, 2.05) is 0 Å². The minimum Gasteiger partial charge on any atom is -0.441 e. The summed E-state index contributed by atoms with van der Waals surface area (Å²) in [7, 11) is 0. The molecule has 4 rings (SSSR count). The van der Waals surface area contributed by atoms with E-state index in [0.717, 1.165) is 0 Å². The number of benzene rings is 1. The third-order valence-corrected chi connectivity index (χ3v) is 4.37. The van der Waals surface area contributed by atoms with E-state index in [1.165, 1.54) is 23.4 Å². The number of halogens is 1. The van der Waals surface area contributed by atoms with Gasteiger partial charge in [-0.1, -0.05) is 6.07 Å². The van der Waals surface area contributed by atoms with E-state index >= 15 is 0 Å². The SMILES string of the molecule is O=C1O[C@@H](CO)CN1c1ccc(-c2ccc(/C=N/Nc3ncccn3)nc2)c(F)c1. The summed E-state index contributed by atoms with van der Waals surface area (Å²) in [5.41, 5.74) is 4.53. The van der Waals surface area contributed by atoms with Crippen molar-refractivity contribution in [1.82, 2.24) is 15.0 Å². The lowest BCUT2D eigenvalue weighted by Gasteiger charge is -2.14. The Kier molecular flexibility index (Phi) is 5.57. The number of cyclic esters (lactones) is 1. The van der Waals surface area contributed by atoms with Crippen LogP contribution in [0.5, 0.6) is 0 Å². The van der Waals surface area contributed by atoms with Gasteiger partial charge in [0.2, 0.25) is 5.95 Å². The van der Waals surface area contributed by atoms with Gasteiger partial charge < -0.3 is 9.84 Å². The molecule has 1 saturated heterocycles. The smallest absolute Gasteiger partial charge is 0.414 e. The van der Waals surface area contributed by atoms with E-state index in [9.17, 15) is 9.18 Å². The molecule has 152 valence electrons. The molecule has 0 bridgehead atoms. The van der Waals surface area contributed by atoms with Crippen molar-refractivity contribution >= 4 is 23.9 Å². The van der Waals surface area contributed by atoms with Crippen molar-refractivity contribution in [2.75, 3.05) is 23.5 Å². The second kappa shape index (κ2) is 8.62. The third kappa shape index (κ3) is 4.23. The van der Waals surface area contributed by atoms with Crippen molar-refractivity contribution in [3.63, 3.8) is 0 Å². The second-order valence-corrected chi connectivity index (χ2v) is 6.38. The molecule has 3 heterocycles. The molecule has 2 N–H and O–H groups in total. The average molecular weight is 408 g/mol. The van der Waals surface area contributed by atoms with Gasteiger partial charge in [-0.25, -0.2) is 24.6 Å². The maximum atomic E-state index is 14.7. The summed E-state index contributed by atoms with van der Waals surface area (Å²) in [6.45, 7) is -0.107. The molecule has 0 aliphatic carbocycles. The number of hydrazone groups is 1. The fourth-order valence-electron chi connectivity index (χ4n) is 2.89. The number of nitrogens with zero attached hydrogens (tertiary/aromatic N) is 5. The predicted octanol–water partition coefficient (Wildman–Crippen LogP) is 2.44. The molecular formula is C20H17FN6O3. The molecule has 1 aromatic carbocycles. The molecule has 1 aliphatic rings. The second-order valence-electron chi connectivity index (χ2n) is 6.38. The Balaban J connectivity index is 1.46. The largest absolute Gasteiger partial charge is 0.441 e. The van der Waals surface area contributed by atoms with E-state index < -0.39 is 18.0 Å². The van der Waals surface area contributed by atoms with Crippen LogP contribution in [-0.4, -0.2) is 51.6 Å². The Bertz CT molecular complexity index is 1060. The zero-order valence-corrected chi connectivity index (χ0v) is 15.6. The number of amides is 1. The van der Waals surface area contributed by atoms with Crippen LogP contribution in [0, 0.1) is 5.82 Å². The van der Waals surface area contributed by atoms with Crippen molar-refractivity contribution in [3.05, 3.63) is 66.5 Å². The highest BCUT2D eigenvalue weighted by Gasteiger charge is 2.32. The number of carbonyl (C=O) groups is 1. The molecule has 1 amide bonds. The van der Waals surface area contributed by atoms with Gasteiger partial charge in [-0.3, -0.25) is 9.88 Å². The normalized spacial score (nSPS) is 16.1. The van der Waals surface area contributed by atoms with Crippen LogP contribution in [0.15, 0.2) is 60.1 Å². The number of hydrogen-bond donors (Lipinski definition) is 2. The highest BCUT2D eigenvalue weighted by molar-refractivity contribution is 5.90. The van der Waals surface area contributed by atoms with Crippen molar-refractivity contribution in [1.29, 1.82) is 0 Å². The number of pyridine rings is 1. The molecule has 30 heavy (non-hydrogen) atoms. The number of ether oxygens (including phenoxy) is 1. The topological polar surface area (TPSA) is 113 Å². The fraction of sp³-hybridized carbons (Fsp3) is 0.150. The first-order valence-corrected chi connectivity index (χ1v) is 9.05. The predicted molar refractivity (Wildman–Crippen MR) is 108 cm³/mol. The fourth-order valence-corrected chi connectivity index (χ4v) is 2.89. The van der Waals surface area contributed by atoms with Crippen LogP contribution >= 0.6 is 0 Å². The summed E-state index contributed by atoms with van der Waals surface area (Å²) >= 11 is 0. The maximum Gasteiger partial charge on any atom is 0.414 e. The number of hydrogen-bond acceptors (Lipinski definition) is 8. The summed E-state index contributed by atoms with van der Waals surface area (Å²) in [5.74, 6) is -0.140. The van der Waals surface area contributed by atoms with Gasteiger partial charge in [-0.15, -0.1) is 0 Å². The van der Waals surface area contributed by atoms with E-state index in [1.54, 1.807) is 42.7 Å². The Hall–Kier alpha value is -3.92. The Morgan fingerprint density at radius 2 is 2.10 bits per heavy atom. The van der Waals surface area contributed by atoms with Crippen LogP contribution in [0.2, 0.25) is 0 Å². The molecule has 0 unspecified atom stereocenters. The van der Waals surface area contributed by atoms with Crippen LogP contribution < -0.4 is 10.3 Å². The molecule has 1 aliphatic heterocycles. The molecule has 2 aromatic heterocycles. The third-order valence-electron chi connectivity index (χ3n) is 4.37. The lowest BCUT2D eigenvalue weighted by atomic mass is 10.1. The zero-order chi connectivity index (χ0) is 20.9. The van der Waals surface area contributed by atoms with E-state index in [0.29, 0.717) is 28.5 Å². The van der Waals surface area contributed by atoms with Crippen LogP contribution in [0.1, 0.15) is 5.69 Å². The van der Waals surface area contributed by atoms with Crippen molar-refractivity contribution in [2.24, 2.45) is 5.10 Å². The van der Waals surface area contributed by atoms with Crippen LogP contribution in [0.25, 0.3) is 11.1 Å².